The van der Waals surface area contributed by atoms with Crippen LogP contribution in [0, 0.1) is 11.3 Å². The van der Waals surface area contributed by atoms with E-state index in [1.165, 1.54) is 12.1 Å². The number of aromatic nitrogens is 1. The molecule has 4 nitrogen and oxygen atoms in total. The van der Waals surface area contributed by atoms with Gasteiger partial charge in [-0.2, -0.15) is 13.2 Å². The van der Waals surface area contributed by atoms with Crippen molar-refractivity contribution in [3.8, 4) is 11.3 Å². The van der Waals surface area contributed by atoms with Crippen molar-refractivity contribution < 1.29 is 18.0 Å². The lowest BCUT2D eigenvalue weighted by Gasteiger charge is -2.22. The van der Waals surface area contributed by atoms with Gasteiger partial charge in [-0.1, -0.05) is 18.2 Å². The van der Waals surface area contributed by atoms with E-state index in [4.69, 9.17) is 0 Å². The van der Waals surface area contributed by atoms with Gasteiger partial charge >= 0.3 is 6.18 Å². The molecule has 2 fully saturated rings. The maximum absolute atomic E-state index is 13.2. The predicted molar refractivity (Wildman–Crippen MR) is 93.8 cm³/mol. The van der Waals surface area contributed by atoms with Crippen LogP contribution in [0.4, 0.5) is 18.3 Å². The van der Waals surface area contributed by atoms with E-state index in [2.05, 4.69) is 15.6 Å². The summed E-state index contributed by atoms with van der Waals surface area (Å²) in [7, 11) is 0. The largest absolute Gasteiger partial charge is 0.417 e. The average molecular weight is 381 g/mol. The van der Waals surface area contributed by atoms with Gasteiger partial charge in [0.15, 0.2) is 5.13 Å². The van der Waals surface area contributed by atoms with Crippen molar-refractivity contribution in [2.75, 3.05) is 18.4 Å². The molecular weight excluding hydrogens is 363 g/mol. The summed E-state index contributed by atoms with van der Waals surface area (Å²) in [5, 5.41) is 7.98. The molecule has 1 spiro atoms. The number of hydrogen-bond acceptors (Lipinski definition) is 4. The smallest absolute Gasteiger partial charge is 0.317 e. The van der Waals surface area contributed by atoms with E-state index in [9.17, 15) is 18.0 Å². The lowest BCUT2D eigenvalue weighted by Crippen LogP contribution is -2.31. The van der Waals surface area contributed by atoms with Gasteiger partial charge in [0.05, 0.1) is 11.3 Å². The third-order valence-electron chi connectivity index (χ3n) is 5.35. The molecule has 0 radical (unpaired) electrons. The average Bonchev–Trinajstić information content (AvgIpc) is 3.10. The number of nitrogens with zero attached hydrogens (tertiary/aromatic N) is 1. The number of alkyl halides is 3. The van der Waals surface area contributed by atoms with E-state index in [0.29, 0.717) is 5.13 Å². The van der Waals surface area contributed by atoms with Crippen LogP contribution in [0.15, 0.2) is 29.6 Å². The summed E-state index contributed by atoms with van der Waals surface area (Å²) in [6.07, 6.45) is -1.57. The molecule has 2 aromatic rings. The zero-order valence-electron chi connectivity index (χ0n) is 13.9. The maximum Gasteiger partial charge on any atom is 0.417 e. The highest BCUT2D eigenvalue weighted by Crippen LogP contribution is 2.58. The van der Waals surface area contributed by atoms with Crippen LogP contribution in [0.1, 0.15) is 24.8 Å². The van der Waals surface area contributed by atoms with Gasteiger partial charge in [-0.25, -0.2) is 4.98 Å². The summed E-state index contributed by atoms with van der Waals surface area (Å²) >= 11 is 1.15. The normalized spacial score (nSPS) is 21.6. The lowest BCUT2D eigenvalue weighted by molar-refractivity contribution is -0.137. The van der Waals surface area contributed by atoms with Crippen molar-refractivity contribution in [1.82, 2.24) is 10.3 Å². The summed E-state index contributed by atoms with van der Waals surface area (Å²) in [5.41, 5.74) is -0.360. The number of benzene rings is 1. The number of halogens is 3. The Bertz CT molecular complexity index is 827. The Morgan fingerprint density at radius 2 is 2.00 bits per heavy atom. The van der Waals surface area contributed by atoms with E-state index in [0.717, 1.165) is 49.8 Å². The Kier molecular flexibility index (Phi) is 4.27. The number of thiazole rings is 1. The minimum absolute atomic E-state index is 0.0144. The van der Waals surface area contributed by atoms with Crippen molar-refractivity contribution in [1.29, 1.82) is 0 Å². The summed E-state index contributed by atoms with van der Waals surface area (Å²) in [5.74, 6) is -0.0867. The molecule has 1 saturated carbocycles. The van der Waals surface area contributed by atoms with Crippen LogP contribution in [0.5, 0.6) is 0 Å². The van der Waals surface area contributed by atoms with Gasteiger partial charge in [-0.3, -0.25) is 4.79 Å². The third-order valence-corrected chi connectivity index (χ3v) is 6.11. The Morgan fingerprint density at radius 3 is 2.73 bits per heavy atom. The first kappa shape index (κ1) is 17.5. The Labute approximate surface area is 152 Å². The van der Waals surface area contributed by atoms with Gasteiger partial charge in [0.2, 0.25) is 5.91 Å². The van der Waals surface area contributed by atoms with Gasteiger partial charge < -0.3 is 10.6 Å². The van der Waals surface area contributed by atoms with Crippen molar-refractivity contribution in [3.05, 3.63) is 35.2 Å². The quantitative estimate of drug-likeness (QED) is 0.840. The molecule has 1 saturated heterocycles. The fourth-order valence-corrected chi connectivity index (χ4v) is 4.51. The second kappa shape index (κ2) is 6.35. The van der Waals surface area contributed by atoms with Gasteiger partial charge in [0, 0.05) is 16.9 Å². The zero-order valence-corrected chi connectivity index (χ0v) is 14.7. The number of hydrogen-bond donors (Lipinski definition) is 2. The molecule has 1 atom stereocenters. The van der Waals surface area contributed by atoms with E-state index in [1.54, 1.807) is 11.4 Å². The molecule has 2 heterocycles. The van der Waals surface area contributed by atoms with E-state index >= 15 is 0 Å². The molecule has 1 aliphatic heterocycles. The topological polar surface area (TPSA) is 54.0 Å². The molecule has 1 amide bonds. The van der Waals surface area contributed by atoms with Gasteiger partial charge in [0.25, 0.3) is 0 Å². The minimum atomic E-state index is -4.45. The van der Waals surface area contributed by atoms with Gasteiger partial charge in [-0.15, -0.1) is 11.3 Å². The van der Waals surface area contributed by atoms with Crippen molar-refractivity contribution in [2.24, 2.45) is 11.3 Å². The van der Waals surface area contributed by atoms with Gasteiger partial charge in [0.1, 0.15) is 0 Å². The summed E-state index contributed by atoms with van der Waals surface area (Å²) < 4.78 is 39.5. The van der Waals surface area contributed by atoms with Crippen molar-refractivity contribution in [3.63, 3.8) is 0 Å². The third kappa shape index (κ3) is 3.23. The van der Waals surface area contributed by atoms with E-state index in [1.807, 2.05) is 0 Å². The van der Waals surface area contributed by atoms with Crippen molar-refractivity contribution >= 4 is 22.4 Å². The number of amides is 1. The van der Waals surface area contributed by atoms with Crippen LogP contribution < -0.4 is 10.6 Å². The molecule has 1 unspecified atom stereocenters. The second-order valence-corrected chi connectivity index (χ2v) is 7.80. The molecule has 8 heteroatoms. The highest BCUT2D eigenvalue weighted by Gasteiger charge is 2.57. The van der Waals surface area contributed by atoms with Crippen LogP contribution in [-0.4, -0.2) is 24.0 Å². The predicted octanol–water partition coefficient (Wildman–Crippen LogP) is 4.16. The number of rotatable bonds is 3. The molecule has 1 aromatic carbocycles. The first-order chi connectivity index (χ1) is 12.4. The number of anilines is 1. The summed E-state index contributed by atoms with van der Waals surface area (Å²) in [6.45, 7) is 1.86. The zero-order chi connectivity index (χ0) is 18.4. The molecule has 26 heavy (non-hydrogen) atoms. The van der Waals surface area contributed by atoms with Crippen LogP contribution in [0.25, 0.3) is 11.3 Å². The van der Waals surface area contributed by atoms with Crippen LogP contribution in [0.2, 0.25) is 0 Å². The van der Waals surface area contributed by atoms with Crippen LogP contribution in [-0.2, 0) is 11.0 Å². The van der Waals surface area contributed by atoms with Crippen molar-refractivity contribution in [2.45, 2.75) is 25.4 Å². The fraction of sp³-hybridized carbons (Fsp3) is 0.444. The fourth-order valence-electron chi connectivity index (χ4n) is 3.80. The number of piperidine rings is 1. The molecule has 1 aromatic heterocycles. The highest BCUT2D eigenvalue weighted by molar-refractivity contribution is 7.14. The van der Waals surface area contributed by atoms with Crippen LogP contribution >= 0.6 is 11.3 Å². The molecule has 0 bridgehead atoms. The minimum Gasteiger partial charge on any atom is -0.317 e. The lowest BCUT2D eigenvalue weighted by atomic mass is 9.92. The standard InChI is InChI=1S/C18H18F3N3OS/c19-18(20,21)12-4-2-1-3-11(12)14-10-26-16(23-14)24-15(25)13-9-17(13)5-7-22-8-6-17/h1-4,10,13,22H,5-9H2,(H,23,24,25). The molecular formula is C18H18F3N3OS. The first-order valence-electron chi connectivity index (χ1n) is 8.53. The van der Waals surface area contributed by atoms with E-state index < -0.39 is 11.7 Å². The Balaban J connectivity index is 1.49. The molecule has 2 N–H and O–H groups in total. The number of carbonyl (C=O) groups excluding carboxylic acids is 1. The SMILES string of the molecule is O=C(Nc1nc(-c2ccccc2C(F)(F)F)cs1)C1CC12CCNCC2. The molecule has 2 aliphatic rings. The molecule has 138 valence electrons. The summed E-state index contributed by atoms with van der Waals surface area (Å²) in [6, 6.07) is 5.34. The highest BCUT2D eigenvalue weighted by atomic mass is 32.1. The molecule has 1 aliphatic carbocycles. The first-order valence-corrected chi connectivity index (χ1v) is 9.41. The van der Waals surface area contributed by atoms with Crippen LogP contribution in [0.3, 0.4) is 0 Å². The second-order valence-electron chi connectivity index (χ2n) is 6.94. The van der Waals surface area contributed by atoms with E-state index in [-0.39, 0.29) is 28.5 Å². The number of carbonyl (C=O) groups is 1. The van der Waals surface area contributed by atoms with Gasteiger partial charge in [-0.05, 0) is 43.8 Å². The Morgan fingerprint density at radius 1 is 1.27 bits per heavy atom. The molecule has 4 rings (SSSR count). The number of nitrogens with one attached hydrogen (secondary N) is 2. The maximum atomic E-state index is 13.2. The Hall–Kier alpha value is -1.93. The summed E-state index contributed by atoms with van der Waals surface area (Å²) in [4.78, 5) is 16.7. The monoisotopic (exact) mass is 381 g/mol.